The van der Waals surface area contributed by atoms with Crippen LogP contribution in [0.15, 0.2) is 12.4 Å². The Morgan fingerprint density at radius 2 is 2.42 bits per heavy atom. The zero-order chi connectivity index (χ0) is 13.6. The first kappa shape index (κ1) is 12.4. The van der Waals surface area contributed by atoms with E-state index in [1.54, 1.807) is 4.52 Å². The van der Waals surface area contributed by atoms with Gasteiger partial charge in [-0.25, -0.2) is 9.50 Å². The van der Waals surface area contributed by atoms with Crippen molar-refractivity contribution in [3.8, 4) is 0 Å². The number of anilines is 1. The third-order valence-electron chi connectivity index (χ3n) is 3.83. The molecule has 3 N–H and O–H groups in total. The van der Waals surface area contributed by atoms with Gasteiger partial charge in [0.05, 0.1) is 17.9 Å². The van der Waals surface area contributed by atoms with Gasteiger partial charge in [-0.3, -0.25) is 0 Å². The molecule has 102 valence electrons. The second kappa shape index (κ2) is 4.18. The fourth-order valence-electron chi connectivity index (χ4n) is 2.73. The van der Waals surface area contributed by atoms with E-state index in [1.807, 2.05) is 19.9 Å². The number of nitrogens with two attached hydrogens (primary N) is 1. The van der Waals surface area contributed by atoms with E-state index in [1.165, 1.54) is 6.33 Å². The fraction of sp³-hybridized carbons (Fsp3) is 0.538. The largest absolute Gasteiger partial charge is 0.393 e. The number of aliphatic hydroxyl groups is 1. The van der Waals surface area contributed by atoms with Crippen molar-refractivity contribution in [2.45, 2.75) is 38.4 Å². The van der Waals surface area contributed by atoms with Crippen LogP contribution in [-0.2, 0) is 4.74 Å². The molecule has 0 aromatic carbocycles. The number of hydrogen-bond donors (Lipinski definition) is 2. The smallest absolute Gasteiger partial charge is 0.151 e. The molecule has 6 heteroatoms. The molecule has 2 aromatic heterocycles. The first-order valence-electron chi connectivity index (χ1n) is 6.41. The molecule has 1 fully saturated rings. The predicted molar refractivity (Wildman–Crippen MR) is 70.7 cm³/mol. The molecule has 6 nitrogen and oxygen atoms in total. The maximum Gasteiger partial charge on any atom is 0.151 e. The SMILES string of the molecule is Cc1cc(C2CCC(C)(CO)O2)n2ncnc(N)c12. The number of fused-ring (bicyclic) bond motifs is 1. The van der Waals surface area contributed by atoms with Crippen molar-refractivity contribution >= 4 is 11.3 Å². The lowest BCUT2D eigenvalue weighted by atomic mass is 10.0. The number of nitrogens with zero attached hydrogens (tertiary/aromatic N) is 3. The summed E-state index contributed by atoms with van der Waals surface area (Å²) in [6.45, 7) is 3.95. The van der Waals surface area contributed by atoms with E-state index in [4.69, 9.17) is 10.5 Å². The maximum atomic E-state index is 9.38. The molecule has 0 aliphatic carbocycles. The molecule has 2 unspecified atom stereocenters. The molecule has 1 aliphatic heterocycles. The van der Waals surface area contributed by atoms with Crippen LogP contribution in [0.25, 0.3) is 5.52 Å². The molecule has 3 rings (SSSR count). The molecular weight excluding hydrogens is 244 g/mol. The molecule has 0 bridgehead atoms. The van der Waals surface area contributed by atoms with E-state index < -0.39 is 5.60 Å². The van der Waals surface area contributed by atoms with Crippen molar-refractivity contribution in [1.29, 1.82) is 0 Å². The number of aryl methyl sites for hydroxylation is 1. The fourth-order valence-corrected chi connectivity index (χ4v) is 2.73. The molecule has 0 radical (unpaired) electrons. The van der Waals surface area contributed by atoms with Crippen LogP contribution in [-0.4, -0.2) is 31.9 Å². The van der Waals surface area contributed by atoms with E-state index in [0.717, 1.165) is 29.6 Å². The number of rotatable bonds is 2. The van der Waals surface area contributed by atoms with Crippen LogP contribution in [0.5, 0.6) is 0 Å². The normalized spacial score (nSPS) is 27.2. The minimum absolute atomic E-state index is 0.0307. The van der Waals surface area contributed by atoms with E-state index in [2.05, 4.69) is 10.1 Å². The van der Waals surface area contributed by atoms with E-state index in [9.17, 15) is 5.11 Å². The summed E-state index contributed by atoms with van der Waals surface area (Å²) in [6.07, 6.45) is 3.09. The topological polar surface area (TPSA) is 85.7 Å². The lowest BCUT2D eigenvalue weighted by Gasteiger charge is -2.21. The minimum atomic E-state index is -0.457. The minimum Gasteiger partial charge on any atom is -0.393 e. The zero-order valence-electron chi connectivity index (χ0n) is 11.1. The Morgan fingerprint density at radius 3 is 3.11 bits per heavy atom. The number of nitrogen functional groups attached to an aromatic ring is 1. The van der Waals surface area contributed by atoms with Crippen LogP contribution < -0.4 is 5.73 Å². The second-order valence-corrected chi connectivity index (χ2v) is 5.41. The summed E-state index contributed by atoms with van der Waals surface area (Å²) in [7, 11) is 0. The summed E-state index contributed by atoms with van der Waals surface area (Å²) >= 11 is 0. The molecule has 2 atom stereocenters. The van der Waals surface area contributed by atoms with Crippen molar-refractivity contribution in [1.82, 2.24) is 14.6 Å². The van der Waals surface area contributed by atoms with Crippen molar-refractivity contribution < 1.29 is 9.84 Å². The summed E-state index contributed by atoms with van der Waals surface area (Å²) in [5.74, 6) is 0.474. The first-order chi connectivity index (χ1) is 9.04. The van der Waals surface area contributed by atoms with Crippen LogP contribution >= 0.6 is 0 Å². The Bertz CT molecular complexity index is 624. The highest BCUT2D eigenvalue weighted by molar-refractivity contribution is 5.70. The summed E-state index contributed by atoms with van der Waals surface area (Å²) in [6, 6.07) is 2.04. The molecular formula is C13H18N4O2. The van der Waals surface area contributed by atoms with Gasteiger partial charge in [0.2, 0.25) is 0 Å². The third-order valence-corrected chi connectivity index (χ3v) is 3.83. The van der Waals surface area contributed by atoms with Gasteiger partial charge in [0.1, 0.15) is 17.9 Å². The number of ether oxygens (including phenoxy) is 1. The van der Waals surface area contributed by atoms with Gasteiger partial charge in [0.15, 0.2) is 5.82 Å². The highest BCUT2D eigenvalue weighted by Crippen LogP contribution is 2.40. The molecule has 0 spiro atoms. The van der Waals surface area contributed by atoms with Gasteiger partial charge < -0.3 is 15.6 Å². The van der Waals surface area contributed by atoms with E-state index in [0.29, 0.717) is 5.82 Å². The molecule has 3 heterocycles. The van der Waals surface area contributed by atoms with Crippen molar-refractivity contribution in [3.05, 3.63) is 23.7 Å². The summed E-state index contributed by atoms with van der Waals surface area (Å²) in [5.41, 5.74) is 8.28. The molecule has 2 aromatic rings. The Balaban J connectivity index is 2.05. The average molecular weight is 262 g/mol. The lowest BCUT2D eigenvalue weighted by molar-refractivity contribution is -0.0635. The lowest BCUT2D eigenvalue weighted by Crippen LogP contribution is -2.28. The van der Waals surface area contributed by atoms with Gasteiger partial charge in [-0.05, 0) is 38.3 Å². The maximum absolute atomic E-state index is 9.38. The Labute approximate surface area is 111 Å². The highest BCUT2D eigenvalue weighted by atomic mass is 16.5. The van der Waals surface area contributed by atoms with Crippen molar-refractivity contribution in [2.75, 3.05) is 12.3 Å². The predicted octanol–water partition coefficient (Wildman–Crippen LogP) is 1.22. The van der Waals surface area contributed by atoms with Gasteiger partial charge >= 0.3 is 0 Å². The molecule has 1 aliphatic rings. The zero-order valence-corrected chi connectivity index (χ0v) is 11.1. The standard InChI is InChI=1S/C13H18N4O2/c1-8-5-9(10-3-4-13(2,6-18)19-10)17-11(8)12(14)15-7-16-17/h5,7,10,18H,3-4,6H2,1-2H3,(H2,14,15,16). The van der Waals surface area contributed by atoms with Gasteiger partial charge in [0.25, 0.3) is 0 Å². The van der Waals surface area contributed by atoms with Crippen LogP contribution in [0.4, 0.5) is 5.82 Å². The van der Waals surface area contributed by atoms with E-state index in [-0.39, 0.29) is 12.7 Å². The van der Waals surface area contributed by atoms with Gasteiger partial charge in [-0.15, -0.1) is 0 Å². The first-order valence-corrected chi connectivity index (χ1v) is 6.41. The second-order valence-electron chi connectivity index (χ2n) is 5.41. The molecule has 1 saturated heterocycles. The van der Waals surface area contributed by atoms with Crippen molar-refractivity contribution in [3.63, 3.8) is 0 Å². The van der Waals surface area contributed by atoms with E-state index >= 15 is 0 Å². The highest BCUT2D eigenvalue weighted by Gasteiger charge is 2.37. The average Bonchev–Trinajstić information content (AvgIpc) is 2.93. The van der Waals surface area contributed by atoms with Crippen LogP contribution in [0.2, 0.25) is 0 Å². The van der Waals surface area contributed by atoms with Crippen LogP contribution in [0.3, 0.4) is 0 Å². The molecule has 19 heavy (non-hydrogen) atoms. The molecule has 0 saturated carbocycles. The summed E-state index contributed by atoms with van der Waals surface area (Å²) in [5, 5.41) is 13.6. The Morgan fingerprint density at radius 1 is 1.63 bits per heavy atom. The monoisotopic (exact) mass is 262 g/mol. The van der Waals surface area contributed by atoms with Gasteiger partial charge in [0, 0.05) is 0 Å². The van der Waals surface area contributed by atoms with Gasteiger partial charge in [-0.1, -0.05) is 0 Å². The van der Waals surface area contributed by atoms with Crippen molar-refractivity contribution in [2.24, 2.45) is 0 Å². The molecule has 0 amide bonds. The number of aliphatic hydroxyl groups excluding tert-OH is 1. The number of aromatic nitrogens is 3. The third kappa shape index (κ3) is 1.87. The van der Waals surface area contributed by atoms with Crippen LogP contribution in [0.1, 0.15) is 37.1 Å². The Kier molecular flexibility index (Phi) is 2.72. The van der Waals surface area contributed by atoms with Crippen LogP contribution in [0, 0.1) is 6.92 Å². The summed E-state index contributed by atoms with van der Waals surface area (Å²) < 4.78 is 7.77. The summed E-state index contributed by atoms with van der Waals surface area (Å²) in [4.78, 5) is 4.02. The quantitative estimate of drug-likeness (QED) is 0.850. The number of hydrogen-bond acceptors (Lipinski definition) is 5. The Hall–Kier alpha value is -1.66. The van der Waals surface area contributed by atoms with Gasteiger partial charge in [-0.2, -0.15) is 5.10 Å².